The summed E-state index contributed by atoms with van der Waals surface area (Å²) in [6.07, 6.45) is 5.34. The van der Waals surface area contributed by atoms with Crippen LogP contribution in [-0.2, 0) is 0 Å². The zero-order chi connectivity index (χ0) is 13.0. The standard InChI is InChI=1S/C13H20N4O/c1-2-8-17(9-10-5-6-10)11-4-3-7-15-12(11)13(14)16-18/h3-4,7,10,18H,2,5-6,8-9H2,1H3,(H2,14,16). The zero-order valence-corrected chi connectivity index (χ0v) is 10.7. The number of pyridine rings is 1. The van der Waals surface area contributed by atoms with Crippen LogP contribution >= 0.6 is 0 Å². The molecule has 1 aliphatic rings. The van der Waals surface area contributed by atoms with Crippen molar-refractivity contribution in [1.82, 2.24) is 4.98 Å². The molecule has 3 N–H and O–H groups in total. The van der Waals surface area contributed by atoms with Crippen LogP contribution in [0.5, 0.6) is 0 Å². The molecule has 2 rings (SSSR count). The minimum absolute atomic E-state index is 0.0718. The summed E-state index contributed by atoms with van der Waals surface area (Å²) < 4.78 is 0. The molecule has 5 heteroatoms. The molecular formula is C13H20N4O. The summed E-state index contributed by atoms with van der Waals surface area (Å²) in [5, 5.41) is 11.9. The maximum Gasteiger partial charge on any atom is 0.190 e. The lowest BCUT2D eigenvalue weighted by Crippen LogP contribution is -2.30. The van der Waals surface area contributed by atoms with Crippen molar-refractivity contribution in [2.75, 3.05) is 18.0 Å². The summed E-state index contributed by atoms with van der Waals surface area (Å²) in [6, 6.07) is 3.87. The molecule has 0 radical (unpaired) electrons. The highest BCUT2D eigenvalue weighted by Gasteiger charge is 2.25. The number of aromatic nitrogens is 1. The van der Waals surface area contributed by atoms with E-state index in [0.717, 1.165) is 31.1 Å². The fraction of sp³-hybridized carbons (Fsp3) is 0.538. The molecule has 0 bridgehead atoms. The summed E-state index contributed by atoms with van der Waals surface area (Å²) in [7, 11) is 0. The number of anilines is 1. The number of nitrogens with zero attached hydrogens (tertiary/aromatic N) is 3. The summed E-state index contributed by atoms with van der Waals surface area (Å²) in [6.45, 7) is 4.15. The lowest BCUT2D eigenvalue weighted by molar-refractivity contribution is 0.318. The molecule has 1 aliphatic carbocycles. The van der Waals surface area contributed by atoms with E-state index >= 15 is 0 Å². The van der Waals surface area contributed by atoms with E-state index in [-0.39, 0.29) is 5.84 Å². The highest BCUT2D eigenvalue weighted by Crippen LogP contribution is 2.32. The SMILES string of the molecule is CCCN(CC1CC1)c1cccnc1/C(N)=N/O. The third-order valence-electron chi connectivity index (χ3n) is 3.15. The molecule has 1 fully saturated rings. The molecule has 0 spiro atoms. The van der Waals surface area contributed by atoms with Gasteiger partial charge in [-0.2, -0.15) is 0 Å². The normalized spacial score (nSPS) is 15.7. The van der Waals surface area contributed by atoms with Crippen LogP contribution in [-0.4, -0.2) is 29.1 Å². The molecule has 1 aromatic rings. The van der Waals surface area contributed by atoms with Gasteiger partial charge in [-0.25, -0.2) is 0 Å². The molecule has 1 heterocycles. The second kappa shape index (κ2) is 5.71. The lowest BCUT2D eigenvalue weighted by atomic mass is 10.2. The summed E-state index contributed by atoms with van der Waals surface area (Å²) in [5.41, 5.74) is 7.21. The van der Waals surface area contributed by atoms with E-state index in [1.807, 2.05) is 12.1 Å². The van der Waals surface area contributed by atoms with Crippen LogP contribution in [0.1, 0.15) is 31.9 Å². The summed E-state index contributed by atoms with van der Waals surface area (Å²) in [4.78, 5) is 6.51. The molecule has 0 amide bonds. The first-order valence-electron chi connectivity index (χ1n) is 6.44. The summed E-state index contributed by atoms with van der Waals surface area (Å²) in [5.74, 6) is 0.861. The first kappa shape index (κ1) is 12.7. The van der Waals surface area contributed by atoms with E-state index in [9.17, 15) is 0 Å². The lowest BCUT2D eigenvalue weighted by Gasteiger charge is -2.25. The second-order valence-electron chi connectivity index (χ2n) is 4.75. The molecule has 1 aromatic heterocycles. The maximum absolute atomic E-state index is 8.82. The van der Waals surface area contributed by atoms with Crippen molar-refractivity contribution in [3.05, 3.63) is 24.0 Å². The topological polar surface area (TPSA) is 74.7 Å². The smallest absolute Gasteiger partial charge is 0.190 e. The number of oxime groups is 1. The van der Waals surface area contributed by atoms with Crippen LogP contribution < -0.4 is 10.6 Å². The van der Waals surface area contributed by atoms with Crippen molar-refractivity contribution in [2.45, 2.75) is 26.2 Å². The number of rotatable bonds is 6. The average Bonchev–Trinajstić information content (AvgIpc) is 3.21. The minimum Gasteiger partial charge on any atom is -0.409 e. The summed E-state index contributed by atoms with van der Waals surface area (Å²) >= 11 is 0. The quantitative estimate of drug-likeness (QED) is 0.348. The molecule has 0 aromatic carbocycles. The van der Waals surface area contributed by atoms with Gasteiger partial charge in [0.25, 0.3) is 0 Å². The predicted octanol–water partition coefficient (Wildman–Crippen LogP) is 1.80. The van der Waals surface area contributed by atoms with Crippen molar-refractivity contribution in [3.63, 3.8) is 0 Å². The van der Waals surface area contributed by atoms with Gasteiger partial charge in [-0.05, 0) is 37.3 Å². The van der Waals surface area contributed by atoms with E-state index in [1.165, 1.54) is 12.8 Å². The molecule has 0 atom stereocenters. The fourth-order valence-electron chi connectivity index (χ4n) is 2.09. The van der Waals surface area contributed by atoms with E-state index in [0.29, 0.717) is 5.69 Å². The molecular weight excluding hydrogens is 228 g/mol. The van der Waals surface area contributed by atoms with Crippen LogP contribution in [0.2, 0.25) is 0 Å². The van der Waals surface area contributed by atoms with Gasteiger partial charge in [0, 0.05) is 19.3 Å². The largest absolute Gasteiger partial charge is 0.409 e. The first-order valence-corrected chi connectivity index (χ1v) is 6.44. The van der Waals surface area contributed by atoms with Crippen molar-refractivity contribution in [1.29, 1.82) is 0 Å². The Morgan fingerprint density at radius 3 is 3.00 bits per heavy atom. The Hall–Kier alpha value is -1.78. The molecule has 98 valence electrons. The molecule has 1 saturated carbocycles. The van der Waals surface area contributed by atoms with Crippen LogP contribution in [0.25, 0.3) is 0 Å². The maximum atomic E-state index is 8.82. The monoisotopic (exact) mass is 248 g/mol. The molecule has 18 heavy (non-hydrogen) atoms. The Kier molecular flexibility index (Phi) is 4.02. The van der Waals surface area contributed by atoms with Gasteiger partial charge in [0.2, 0.25) is 0 Å². The third kappa shape index (κ3) is 2.91. The van der Waals surface area contributed by atoms with Crippen molar-refractivity contribution >= 4 is 11.5 Å². The van der Waals surface area contributed by atoms with E-state index in [4.69, 9.17) is 10.9 Å². The predicted molar refractivity (Wildman–Crippen MR) is 72.0 cm³/mol. The number of hydrogen-bond donors (Lipinski definition) is 2. The van der Waals surface area contributed by atoms with Gasteiger partial charge in [-0.1, -0.05) is 12.1 Å². The van der Waals surface area contributed by atoms with E-state index < -0.39 is 0 Å². The fourth-order valence-corrected chi connectivity index (χ4v) is 2.09. The van der Waals surface area contributed by atoms with Crippen LogP contribution in [0.15, 0.2) is 23.5 Å². The van der Waals surface area contributed by atoms with Gasteiger partial charge < -0.3 is 15.8 Å². The molecule has 0 saturated heterocycles. The Morgan fingerprint density at radius 1 is 1.61 bits per heavy atom. The first-order chi connectivity index (χ1) is 8.76. The van der Waals surface area contributed by atoms with Gasteiger partial charge in [0.15, 0.2) is 5.84 Å². The third-order valence-corrected chi connectivity index (χ3v) is 3.15. The highest BCUT2D eigenvalue weighted by atomic mass is 16.4. The van der Waals surface area contributed by atoms with E-state index in [2.05, 4.69) is 22.0 Å². The van der Waals surface area contributed by atoms with Gasteiger partial charge in [-0.3, -0.25) is 4.98 Å². The van der Waals surface area contributed by atoms with Crippen molar-refractivity contribution < 1.29 is 5.21 Å². The van der Waals surface area contributed by atoms with Gasteiger partial charge >= 0.3 is 0 Å². The zero-order valence-electron chi connectivity index (χ0n) is 10.7. The molecule has 5 nitrogen and oxygen atoms in total. The molecule has 0 unspecified atom stereocenters. The van der Waals surface area contributed by atoms with Gasteiger partial charge in [0.1, 0.15) is 5.69 Å². The number of hydrogen-bond acceptors (Lipinski definition) is 4. The van der Waals surface area contributed by atoms with Crippen molar-refractivity contribution in [2.24, 2.45) is 16.8 Å². The van der Waals surface area contributed by atoms with Gasteiger partial charge in [-0.15, -0.1) is 0 Å². The van der Waals surface area contributed by atoms with Gasteiger partial charge in [0.05, 0.1) is 5.69 Å². The minimum atomic E-state index is 0.0718. The number of amidine groups is 1. The second-order valence-corrected chi connectivity index (χ2v) is 4.75. The van der Waals surface area contributed by atoms with Crippen LogP contribution in [0, 0.1) is 5.92 Å². The Bertz CT molecular complexity index is 429. The van der Waals surface area contributed by atoms with Crippen LogP contribution in [0.3, 0.4) is 0 Å². The number of nitrogens with two attached hydrogens (primary N) is 1. The highest BCUT2D eigenvalue weighted by molar-refractivity contribution is 6.00. The van der Waals surface area contributed by atoms with Crippen LogP contribution in [0.4, 0.5) is 5.69 Å². The Labute approximate surface area is 107 Å². The van der Waals surface area contributed by atoms with E-state index in [1.54, 1.807) is 6.20 Å². The van der Waals surface area contributed by atoms with Crippen molar-refractivity contribution in [3.8, 4) is 0 Å². The Morgan fingerprint density at radius 2 is 2.39 bits per heavy atom. The molecule has 0 aliphatic heterocycles. The Balaban J connectivity index is 2.27. The average molecular weight is 248 g/mol.